The normalized spacial score (nSPS) is 29.6. The highest BCUT2D eigenvalue weighted by Gasteiger charge is 2.38. The first kappa shape index (κ1) is 10.6. The van der Waals surface area contributed by atoms with E-state index < -0.39 is 0 Å². The molecule has 0 radical (unpaired) electrons. The molecule has 2 fully saturated rings. The minimum Gasteiger partial charge on any atom is -0.316 e. The van der Waals surface area contributed by atoms with Crippen LogP contribution in [0.3, 0.4) is 0 Å². The summed E-state index contributed by atoms with van der Waals surface area (Å²) in [5.74, 6) is 2.75. The van der Waals surface area contributed by atoms with Gasteiger partial charge in [0, 0.05) is 5.02 Å². The minimum absolute atomic E-state index is 0.825. The molecular formula is C14H18ClN. The van der Waals surface area contributed by atoms with Crippen molar-refractivity contribution in [3.05, 3.63) is 34.9 Å². The Bertz CT molecular complexity index is 373. The summed E-state index contributed by atoms with van der Waals surface area (Å²) in [4.78, 5) is 0. The molecule has 1 aromatic rings. The average Bonchev–Trinajstić information content (AvgIpc) is 3.00. The molecule has 0 unspecified atom stereocenters. The van der Waals surface area contributed by atoms with Crippen molar-refractivity contribution in [3.63, 3.8) is 0 Å². The lowest BCUT2D eigenvalue weighted by atomic mass is 9.86. The second-order valence-electron chi connectivity index (χ2n) is 5.25. The zero-order chi connectivity index (χ0) is 11.0. The standard InChI is InChI=1S/C14H18ClN/c15-13-3-1-2-10(7-13)6-12-8-16-9-14(12)11-4-5-11/h1-3,7,11-12,14,16H,4-6,8-9H2/t12-,14-/m0/s1. The fraction of sp³-hybridized carbons (Fsp3) is 0.571. The number of hydrogen-bond donors (Lipinski definition) is 1. The molecule has 0 spiro atoms. The summed E-state index contributed by atoms with van der Waals surface area (Å²) in [6.45, 7) is 2.42. The highest BCUT2D eigenvalue weighted by atomic mass is 35.5. The van der Waals surface area contributed by atoms with E-state index in [0.29, 0.717) is 0 Å². The molecule has 86 valence electrons. The fourth-order valence-corrected chi connectivity index (χ4v) is 3.23. The minimum atomic E-state index is 0.825. The molecule has 1 aliphatic heterocycles. The van der Waals surface area contributed by atoms with Crippen LogP contribution in [0.5, 0.6) is 0 Å². The molecule has 0 amide bonds. The van der Waals surface area contributed by atoms with Crippen molar-refractivity contribution >= 4 is 11.6 Å². The molecule has 0 aromatic heterocycles. The molecule has 1 N–H and O–H groups in total. The van der Waals surface area contributed by atoms with E-state index in [1.807, 2.05) is 6.07 Å². The van der Waals surface area contributed by atoms with Gasteiger partial charge in [-0.15, -0.1) is 0 Å². The van der Waals surface area contributed by atoms with E-state index >= 15 is 0 Å². The molecule has 1 aromatic carbocycles. The molecule has 2 heteroatoms. The average molecular weight is 236 g/mol. The Morgan fingerprint density at radius 3 is 2.88 bits per heavy atom. The molecule has 1 nitrogen and oxygen atoms in total. The van der Waals surface area contributed by atoms with Crippen LogP contribution < -0.4 is 5.32 Å². The number of nitrogens with one attached hydrogen (secondary N) is 1. The lowest BCUT2D eigenvalue weighted by Gasteiger charge is -2.17. The van der Waals surface area contributed by atoms with Crippen LogP contribution in [0.1, 0.15) is 18.4 Å². The molecule has 0 bridgehead atoms. The Morgan fingerprint density at radius 2 is 2.12 bits per heavy atom. The number of hydrogen-bond acceptors (Lipinski definition) is 1. The van der Waals surface area contributed by atoms with Crippen LogP contribution in [0, 0.1) is 17.8 Å². The van der Waals surface area contributed by atoms with Gasteiger partial charge in [-0.1, -0.05) is 23.7 Å². The van der Waals surface area contributed by atoms with Gasteiger partial charge in [-0.05, 0) is 67.8 Å². The van der Waals surface area contributed by atoms with Gasteiger partial charge in [0.25, 0.3) is 0 Å². The van der Waals surface area contributed by atoms with E-state index in [-0.39, 0.29) is 0 Å². The number of rotatable bonds is 3. The molecule has 2 atom stereocenters. The topological polar surface area (TPSA) is 12.0 Å². The van der Waals surface area contributed by atoms with Gasteiger partial charge in [0.15, 0.2) is 0 Å². The first-order chi connectivity index (χ1) is 7.83. The van der Waals surface area contributed by atoms with Crippen molar-refractivity contribution in [1.82, 2.24) is 5.32 Å². The summed E-state index contributed by atoms with van der Waals surface area (Å²) in [6, 6.07) is 8.33. The van der Waals surface area contributed by atoms with Crippen LogP contribution in [0.15, 0.2) is 24.3 Å². The smallest absolute Gasteiger partial charge is 0.0408 e. The van der Waals surface area contributed by atoms with Crippen molar-refractivity contribution < 1.29 is 0 Å². The quantitative estimate of drug-likeness (QED) is 0.849. The molecule has 2 aliphatic rings. The van der Waals surface area contributed by atoms with Gasteiger partial charge < -0.3 is 5.32 Å². The predicted molar refractivity (Wildman–Crippen MR) is 67.7 cm³/mol. The Hall–Kier alpha value is -0.530. The third-order valence-corrected chi connectivity index (χ3v) is 4.24. The maximum absolute atomic E-state index is 6.03. The highest BCUT2D eigenvalue weighted by Crippen LogP contribution is 2.42. The second kappa shape index (κ2) is 4.38. The van der Waals surface area contributed by atoms with Gasteiger partial charge in [-0.25, -0.2) is 0 Å². The maximum atomic E-state index is 6.03. The van der Waals surface area contributed by atoms with Gasteiger partial charge in [-0.3, -0.25) is 0 Å². The van der Waals surface area contributed by atoms with Gasteiger partial charge in [0.05, 0.1) is 0 Å². The van der Waals surface area contributed by atoms with E-state index in [4.69, 9.17) is 11.6 Å². The van der Waals surface area contributed by atoms with Gasteiger partial charge in [0.1, 0.15) is 0 Å². The number of halogens is 1. The summed E-state index contributed by atoms with van der Waals surface area (Å²) in [7, 11) is 0. The van der Waals surface area contributed by atoms with Crippen LogP contribution in [0.2, 0.25) is 5.02 Å². The van der Waals surface area contributed by atoms with Crippen molar-refractivity contribution in [1.29, 1.82) is 0 Å². The Balaban J connectivity index is 1.69. The molecule has 3 rings (SSSR count). The van der Waals surface area contributed by atoms with Crippen LogP contribution >= 0.6 is 11.6 Å². The summed E-state index contributed by atoms with van der Waals surface area (Å²) in [5, 5.41) is 4.41. The first-order valence-electron chi connectivity index (χ1n) is 6.28. The molecule has 1 heterocycles. The summed E-state index contributed by atoms with van der Waals surface area (Å²) >= 11 is 6.03. The Labute approximate surface area is 102 Å². The van der Waals surface area contributed by atoms with Crippen molar-refractivity contribution in [3.8, 4) is 0 Å². The lowest BCUT2D eigenvalue weighted by molar-refractivity contribution is 0.373. The van der Waals surface area contributed by atoms with E-state index in [1.54, 1.807) is 0 Å². The molecule has 1 saturated carbocycles. The third-order valence-electron chi connectivity index (χ3n) is 4.01. The van der Waals surface area contributed by atoms with Gasteiger partial charge >= 0.3 is 0 Å². The predicted octanol–water partition coefficient (Wildman–Crippen LogP) is 3.13. The highest BCUT2D eigenvalue weighted by molar-refractivity contribution is 6.30. The largest absolute Gasteiger partial charge is 0.316 e. The third kappa shape index (κ3) is 2.26. The summed E-state index contributed by atoms with van der Waals surface area (Å²) < 4.78 is 0. The maximum Gasteiger partial charge on any atom is 0.0408 e. The molecule has 16 heavy (non-hydrogen) atoms. The monoisotopic (exact) mass is 235 g/mol. The van der Waals surface area contributed by atoms with E-state index in [1.165, 1.54) is 37.9 Å². The first-order valence-corrected chi connectivity index (χ1v) is 6.66. The van der Waals surface area contributed by atoms with E-state index in [9.17, 15) is 0 Å². The Kier molecular flexibility index (Phi) is 2.91. The molecule has 1 aliphatic carbocycles. The van der Waals surface area contributed by atoms with Gasteiger partial charge in [-0.2, -0.15) is 0 Å². The SMILES string of the molecule is Clc1cccc(C[C@H]2CNC[C@H]2C2CC2)c1. The molecular weight excluding hydrogens is 218 g/mol. The zero-order valence-electron chi connectivity index (χ0n) is 9.45. The van der Waals surface area contributed by atoms with Gasteiger partial charge in [0.2, 0.25) is 0 Å². The number of benzene rings is 1. The van der Waals surface area contributed by atoms with Crippen molar-refractivity contribution in [2.24, 2.45) is 17.8 Å². The van der Waals surface area contributed by atoms with Crippen LogP contribution in [0.25, 0.3) is 0 Å². The fourth-order valence-electron chi connectivity index (χ4n) is 3.02. The van der Waals surface area contributed by atoms with Crippen molar-refractivity contribution in [2.45, 2.75) is 19.3 Å². The van der Waals surface area contributed by atoms with Crippen LogP contribution in [-0.4, -0.2) is 13.1 Å². The second-order valence-corrected chi connectivity index (χ2v) is 5.69. The summed E-state index contributed by atoms with van der Waals surface area (Å²) in [5.41, 5.74) is 1.40. The van der Waals surface area contributed by atoms with Crippen molar-refractivity contribution in [2.75, 3.05) is 13.1 Å². The summed E-state index contributed by atoms with van der Waals surface area (Å²) in [6.07, 6.45) is 4.10. The zero-order valence-corrected chi connectivity index (χ0v) is 10.2. The van der Waals surface area contributed by atoms with E-state index in [2.05, 4.69) is 23.5 Å². The molecule has 1 saturated heterocycles. The van der Waals surface area contributed by atoms with Crippen LogP contribution in [0.4, 0.5) is 0 Å². The Morgan fingerprint density at radius 1 is 1.25 bits per heavy atom. The lowest BCUT2D eigenvalue weighted by Crippen LogP contribution is -2.16. The van der Waals surface area contributed by atoms with E-state index in [0.717, 1.165) is 22.8 Å². The van der Waals surface area contributed by atoms with Crippen LogP contribution in [-0.2, 0) is 6.42 Å².